The molecule has 126 valence electrons. The Labute approximate surface area is 147 Å². The number of benzene rings is 2. The van der Waals surface area contributed by atoms with Gasteiger partial charge in [0.1, 0.15) is 0 Å². The molecular formula is C20H21N5. The quantitative estimate of drug-likeness (QED) is 0.375. The maximum atomic E-state index is 8.93. The molecule has 0 fully saturated rings. The van der Waals surface area contributed by atoms with E-state index >= 15 is 0 Å². The molecule has 2 aliphatic heterocycles. The highest BCUT2D eigenvalue weighted by Gasteiger charge is 2.43. The molecule has 2 N–H and O–H groups in total. The van der Waals surface area contributed by atoms with Crippen molar-refractivity contribution in [2.45, 2.75) is 23.9 Å². The highest BCUT2D eigenvalue weighted by atomic mass is 15.2. The molecule has 5 heteroatoms. The van der Waals surface area contributed by atoms with Crippen LogP contribution in [0, 0.1) is 0 Å². The molecule has 0 spiro atoms. The van der Waals surface area contributed by atoms with Gasteiger partial charge in [-0.1, -0.05) is 65.8 Å². The summed E-state index contributed by atoms with van der Waals surface area (Å²) in [5.41, 5.74) is 12.3. The third-order valence-corrected chi connectivity index (χ3v) is 5.29. The lowest BCUT2D eigenvalue weighted by molar-refractivity contribution is 0.260. The van der Waals surface area contributed by atoms with Gasteiger partial charge in [-0.15, -0.1) is 0 Å². The van der Waals surface area contributed by atoms with Crippen molar-refractivity contribution in [3.05, 3.63) is 88.3 Å². The Balaban J connectivity index is 1.79. The summed E-state index contributed by atoms with van der Waals surface area (Å²) in [4.78, 5) is 3.04. The Morgan fingerprint density at radius 2 is 1.88 bits per heavy atom. The lowest BCUT2D eigenvalue weighted by Crippen LogP contribution is -2.55. The fraction of sp³-hybridized carbons (Fsp3) is 0.300. The van der Waals surface area contributed by atoms with E-state index < -0.39 is 0 Å². The van der Waals surface area contributed by atoms with Crippen LogP contribution in [0.3, 0.4) is 0 Å². The van der Waals surface area contributed by atoms with E-state index in [2.05, 4.69) is 81.3 Å². The number of nitrogens with one attached hydrogen (secondary N) is 2. The molecule has 0 unspecified atom stereocenters. The first kappa shape index (κ1) is 15.8. The number of hydrogen-bond acceptors (Lipinski definition) is 3. The van der Waals surface area contributed by atoms with E-state index in [-0.39, 0.29) is 17.5 Å². The second kappa shape index (κ2) is 6.63. The molecule has 5 nitrogen and oxygen atoms in total. The molecule has 25 heavy (non-hydrogen) atoms. The van der Waals surface area contributed by atoms with Crippen LogP contribution in [0.5, 0.6) is 0 Å². The average Bonchev–Trinajstić information content (AvgIpc) is 2.83. The lowest BCUT2D eigenvalue weighted by Gasteiger charge is -2.44. The molecule has 2 aliphatic rings. The molecule has 0 saturated carbocycles. The zero-order valence-electron chi connectivity index (χ0n) is 14.0. The van der Waals surface area contributed by atoms with Crippen molar-refractivity contribution in [2.24, 2.45) is 5.11 Å². The van der Waals surface area contributed by atoms with Gasteiger partial charge in [0, 0.05) is 35.1 Å². The van der Waals surface area contributed by atoms with E-state index in [0.717, 1.165) is 13.0 Å². The van der Waals surface area contributed by atoms with E-state index in [4.69, 9.17) is 5.53 Å². The SMILES string of the molecule is [N-]=[N+]=NC[C@]12CCNc3ccccc3[C@@H]1C=C[C@H](c1ccccc1)N2. The minimum absolute atomic E-state index is 0.122. The van der Waals surface area contributed by atoms with Gasteiger partial charge in [-0.05, 0) is 29.1 Å². The summed E-state index contributed by atoms with van der Waals surface area (Å²) in [6, 6.07) is 18.9. The van der Waals surface area contributed by atoms with Gasteiger partial charge >= 0.3 is 0 Å². The second-order valence-corrected chi connectivity index (χ2v) is 6.70. The van der Waals surface area contributed by atoms with Gasteiger partial charge in [0.2, 0.25) is 0 Å². The Bertz CT molecular complexity index is 825. The number of anilines is 1. The first-order valence-corrected chi connectivity index (χ1v) is 8.67. The number of nitrogens with zero attached hydrogens (tertiary/aromatic N) is 3. The van der Waals surface area contributed by atoms with E-state index in [1.807, 2.05) is 6.07 Å². The fourth-order valence-corrected chi connectivity index (χ4v) is 4.07. The molecule has 0 saturated heterocycles. The van der Waals surface area contributed by atoms with Crippen LogP contribution in [0.25, 0.3) is 10.4 Å². The third-order valence-electron chi connectivity index (χ3n) is 5.29. The first-order valence-electron chi connectivity index (χ1n) is 8.67. The Hall–Kier alpha value is -2.75. The van der Waals surface area contributed by atoms with Gasteiger partial charge in [-0.3, -0.25) is 0 Å². The van der Waals surface area contributed by atoms with Crippen molar-refractivity contribution in [3.8, 4) is 0 Å². The van der Waals surface area contributed by atoms with Crippen LogP contribution in [0.1, 0.15) is 29.5 Å². The summed E-state index contributed by atoms with van der Waals surface area (Å²) in [7, 11) is 0. The van der Waals surface area contributed by atoms with E-state index in [1.54, 1.807) is 0 Å². The zero-order chi connectivity index (χ0) is 17.1. The summed E-state index contributed by atoms with van der Waals surface area (Å²) in [6.07, 6.45) is 5.41. The zero-order valence-corrected chi connectivity index (χ0v) is 14.0. The minimum atomic E-state index is -0.291. The number of para-hydroxylation sites is 1. The van der Waals surface area contributed by atoms with Gasteiger partial charge in [-0.25, -0.2) is 0 Å². The smallest absolute Gasteiger partial charge is 0.0511 e. The standard InChI is InChI=1S/C20H21N5/c21-25-23-14-20-12-13-22-19-9-5-4-8-16(19)17(20)10-11-18(24-20)15-6-2-1-3-7-15/h1-11,17-18,22,24H,12-14H2/t17-,18+,20+/m0/s1. The van der Waals surface area contributed by atoms with E-state index in [9.17, 15) is 0 Å². The molecule has 0 aromatic heterocycles. The Morgan fingerprint density at radius 1 is 1.08 bits per heavy atom. The maximum absolute atomic E-state index is 8.93. The number of hydrogen-bond donors (Lipinski definition) is 2. The topological polar surface area (TPSA) is 72.8 Å². The highest BCUT2D eigenvalue weighted by Crippen LogP contribution is 2.43. The molecule has 2 aromatic rings. The van der Waals surface area contributed by atoms with Gasteiger partial charge in [0.25, 0.3) is 0 Å². The number of rotatable bonds is 3. The van der Waals surface area contributed by atoms with Crippen molar-refractivity contribution in [2.75, 3.05) is 18.4 Å². The van der Waals surface area contributed by atoms with Crippen LogP contribution >= 0.6 is 0 Å². The predicted molar refractivity (Wildman–Crippen MR) is 100 cm³/mol. The molecule has 0 aliphatic carbocycles. The van der Waals surface area contributed by atoms with Crippen LogP contribution in [-0.4, -0.2) is 18.6 Å². The summed E-state index contributed by atoms with van der Waals surface area (Å²) in [6.45, 7) is 1.27. The van der Waals surface area contributed by atoms with Crippen LogP contribution in [-0.2, 0) is 0 Å². The maximum Gasteiger partial charge on any atom is 0.0511 e. The Morgan fingerprint density at radius 3 is 2.72 bits per heavy atom. The van der Waals surface area contributed by atoms with Gasteiger partial charge in [-0.2, -0.15) is 0 Å². The third kappa shape index (κ3) is 2.88. The van der Waals surface area contributed by atoms with Gasteiger partial charge < -0.3 is 10.6 Å². The highest BCUT2D eigenvalue weighted by molar-refractivity contribution is 5.57. The van der Waals surface area contributed by atoms with E-state index in [1.165, 1.54) is 16.8 Å². The normalized spacial score (nSPS) is 27.2. The summed E-state index contributed by atoms with van der Waals surface area (Å²) >= 11 is 0. The minimum Gasteiger partial charge on any atom is -0.385 e. The van der Waals surface area contributed by atoms with Crippen molar-refractivity contribution >= 4 is 5.69 Å². The molecule has 2 aromatic carbocycles. The van der Waals surface area contributed by atoms with Crippen LogP contribution in [0.4, 0.5) is 5.69 Å². The molecule has 0 radical (unpaired) electrons. The number of fused-ring (bicyclic) bond motifs is 3. The van der Waals surface area contributed by atoms with Crippen LogP contribution in [0.2, 0.25) is 0 Å². The van der Waals surface area contributed by atoms with E-state index in [0.29, 0.717) is 6.54 Å². The lowest BCUT2D eigenvalue weighted by atomic mass is 9.73. The van der Waals surface area contributed by atoms with Gasteiger partial charge in [0.05, 0.1) is 6.04 Å². The van der Waals surface area contributed by atoms with Gasteiger partial charge in [0.15, 0.2) is 0 Å². The summed E-state index contributed by atoms with van der Waals surface area (Å²) < 4.78 is 0. The van der Waals surface area contributed by atoms with Crippen LogP contribution in [0.15, 0.2) is 71.9 Å². The fourth-order valence-electron chi connectivity index (χ4n) is 4.07. The average molecular weight is 331 g/mol. The number of azide groups is 1. The van der Waals surface area contributed by atoms with Crippen molar-refractivity contribution < 1.29 is 0 Å². The Kier molecular flexibility index (Phi) is 4.18. The molecule has 0 amide bonds. The predicted octanol–water partition coefficient (Wildman–Crippen LogP) is 4.54. The molecule has 4 rings (SSSR count). The second-order valence-electron chi connectivity index (χ2n) is 6.70. The van der Waals surface area contributed by atoms with Crippen molar-refractivity contribution in [1.29, 1.82) is 0 Å². The first-order chi connectivity index (χ1) is 12.3. The summed E-state index contributed by atoms with van der Waals surface area (Å²) in [5, 5.41) is 11.3. The molecule has 3 atom stereocenters. The van der Waals surface area contributed by atoms with Crippen molar-refractivity contribution in [3.63, 3.8) is 0 Å². The molecular weight excluding hydrogens is 310 g/mol. The summed E-state index contributed by atoms with van der Waals surface area (Å²) in [5.74, 6) is 0.171. The van der Waals surface area contributed by atoms with Crippen molar-refractivity contribution in [1.82, 2.24) is 5.32 Å². The van der Waals surface area contributed by atoms with Crippen LogP contribution < -0.4 is 10.6 Å². The molecule has 0 bridgehead atoms. The molecule has 2 heterocycles. The largest absolute Gasteiger partial charge is 0.385 e. The monoisotopic (exact) mass is 331 g/mol.